The van der Waals surface area contributed by atoms with Crippen molar-refractivity contribution in [3.63, 3.8) is 0 Å². The Morgan fingerprint density at radius 3 is 1.73 bits per heavy atom. The molecule has 0 saturated carbocycles. The number of ether oxygens (including phenoxy) is 3. The van der Waals surface area contributed by atoms with E-state index in [0.29, 0.717) is 30.3 Å². The number of esters is 1. The van der Waals surface area contributed by atoms with Gasteiger partial charge in [0.05, 0.1) is 13.7 Å². The second kappa shape index (κ2) is 20.6. The van der Waals surface area contributed by atoms with Crippen LogP contribution in [0.2, 0.25) is 0 Å². The van der Waals surface area contributed by atoms with E-state index in [9.17, 15) is 4.79 Å². The minimum absolute atomic E-state index is 0.392. The van der Waals surface area contributed by atoms with Gasteiger partial charge in [-0.25, -0.2) is 4.79 Å². The van der Waals surface area contributed by atoms with E-state index in [-0.39, 0.29) is 0 Å². The number of rotatable bonds is 22. The molecule has 0 atom stereocenters. The third-order valence-corrected chi connectivity index (χ3v) is 6.86. The van der Waals surface area contributed by atoms with Crippen LogP contribution in [-0.2, 0) is 11.3 Å². The van der Waals surface area contributed by atoms with Gasteiger partial charge in [0.1, 0.15) is 23.7 Å². The molecule has 0 radical (unpaired) electrons. The fourth-order valence-corrected chi connectivity index (χ4v) is 4.57. The topological polar surface area (TPSA) is 44.8 Å². The molecule has 0 aliphatic rings. The van der Waals surface area contributed by atoms with Crippen molar-refractivity contribution in [2.75, 3.05) is 13.7 Å². The summed E-state index contributed by atoms with van der Waals surface area (Å²) in [5, 5.41) is 0. The number of hydrogen-bond donors (Lipinski definition) is 0. The van der Waals surface area contributed by atoms with Crippen LogP contribution in [0.4, 0.5) is 0 Å². The van der Waals surface area contributed by atoms with E-state index in [1.807, 2.05) is 36.4 Å². The molecule has 2 aromatic rings. The molecule has 4 heteroatoms. The van der Waals surface area contributed by atoms with Crippen molar-refractivity contribution in [1.29, 1.82) is 0 Å². The first-order valence-corrected chi connectivity index (χ1v) is 14.8. The summed E-state index contributed by atoms with van der Waals surface area (Å²) in [6.45, 7) is 3.33. The molecule has 4 nitrogen and oxygen atoms in total. The Kier molecular flexibility index (Phi) is 17.1. The molecule has 0 fully saturated rings. The Bertz CT molecular complexity index is 833. The van der Waals surface area contributed by atoms with Crippen LogP contribution in [0.25, 0.3) is 0 Å². The molecule has 0 N–H and O–H groups in total. The van der Waals surface area contributed by atoms with E-state index in [1.54, 1.807) is 12.1 Å². The van der Waals surface area contributed by atoms with E-state index in [1.165, 1.54) is 103 Å². The predicted molar refractivity (Wildman–Crippen MR) is 154 cm³/mol. The number of unbranched alkanes of at least 4 members (excludes halogenated alkanes) is 15. The van der Waals surface area contributed by atoms with Crippen LogP contribution in [0.3, 0.4) is 0 Å². The highest BCUT2D eigenvalue weighted by molar-refractivity contribution is 5.93. The van der Waals surface area contributed by atoms with Crippen LogP contribution in [0.1, 0.15) is 126 Å². The van der Waals surface area contributed by atoms with E-state index >= 15 is 0 Å². The van der Waals surface area contributed by atoms with E-state index in [2.05, 4.69) is 6.92 Å². The zero-order chi connectivity index (χ0) is 26.4. The highest BCUT2D eigenvalue weighted by Crippen LogP contribution is 2.26. The Morgan fingerprint density at radius 1 is 0.649 bits per heavy atom. The fraction of sp³-hybridized carbons (Fsp3) is 0.606. The first-order valence-electron chi connectivity index (χ1n) is 14.8. The van der Waals surface area contributed by atoms with Crippen molar-refractivity contribution in [3.05, 3.63) is 59.7 Å². The lowest BCUT2D eigenvalue weighted by Crippen LogP contribution is -2.07. The Hall–Kier alpha value is -2.49. The summed E-state index contributed by atoms with van der Waals surface area (Å²) in [5.41, 5.74) is 1.44. The zero-order valence-corrected chi connectivity index (χ0v) is 23.5. The van der Waals surface area contributed by atoms with Crippen LogP contribution in [0, 0.1) is 0 Å². The molecular weight excluding hydrogens is 460 g/mol. The Labute approximate surface area is 226 Å². The van der Waals surface area contributed by atoms with Crippen molar-refractivity contribution in [2.45, 2.75) is 116 Å². The molecule has 2 rings (SSSR count). The average molecular weight is 511 g/mol. The van der Waals surface area contributed by atoms with Gasteiger partial charge in [0.25, 0.3) is 0 Å². The van der Waals surface area contributed by atoms with Gasteiger partial charge in [-0.2, -0.15) is 0 Å². The molecule has 0 saturated heterocycles. The third-order valence-electron chi connectivity index (χ3n) is 6.86. The molecule has 2 aromatic carbocycles. The molecule has 0 aromatic heterocycles. The van der Waals surface area contributed by atoms with Crippen LogP contribution in [0.5, 0.6) is 11.5 Å². The summed E-state index contributed by atoms with van der Waals surface area (Å²) in [6.07, 6.45) is 21.6. The van der Waals surface area contributed by atoms with E-state index in [4.69, 9.17) is 14.2 Å². The van der Waals surface area contributed by atoms with Crippen LogP contribution < -0.4 is 9.47 Å². The first-order chi connectivity index (χ1) is 18.2. The van der Waals surface area contributed by atoms with E-state index in [0.717, 1.165) is 12.0 Å². The van der Waals surface area contributed by atoms with E-state index < -0.39 is 5.97 Å². The van der Waals surface area contributed by atoms with Gasteiger partial charge in [-0.15, -0.1) is 0 Å². The second-order valence-corrected chi connectivity index (χ2v) is 10.1. The van der Waals surface area contributed by atoms with Crippen LogP contribution >= 0.6 is 0 Å². The van der Waals surface area contributed by atoms with Crippen molar-refractivity contribution in [1.82, 2.24) is 0 Å². The molecule has 37 heavy (non-hydrogen) atoms. The van der Waals surface area contributed by atoms with Gasteiger partial charge in [0.15, 0.2) is 0 Å². The number of benzene rings is 2. The molecule has 0 aliphatic carbocycles. The number of carbonyl (C=O) groups is 1. The van der Waals surface area contributed by atoms with Gasteiger partial charge in [0, 0.05) is 0 Å². The van der Waals surface area contributed by atoms with Crippen LogP contribution in [0.15, 0.2) is 48.5 Å². The summed E-state index contributed by atoms with van der Waals surface area (Å²) in [7, 11) is 1.38. The molecule has 0 heterocycles. The fourth-order valence-electron chi connectivity index (χ4n) is 4.57. The summed E-state index contributed by atoms with van der Waals surface area (Å²) < 4.78 is 16.7. The van der Waals surface area contributed by atoms with Gasteiger partial charge in [-0.3, -0.25) is 0 Å². The zero-order valence-electron chi connectivity index (χ0n) is 23.5. The summed E-state index contributed by atoms with van der Waals surface area (Å²) in [4.78, 5) is 12.3. The molecule has 0 amide bonds. The van der Waals surface area contributed by atoms with Crippen molar-refractivity contribution in [3.8, 4) is 11.5 Å². The van der Waals surface area contributed by atoms with Crippen LogP contribution in [-0.4, -0.2) is 19.7 Å². The van der Waals surface area contributed by atoms with Crippen molar-refractivity contribution >= 4 is 5.97 Å². The lowest BCUT2D eigenvalue weighted by atomic mass is 10.0. The van der Waals surface area contributed by atoms with Crippen molar-refractivity contribution < 1.29 is 19.0 Å². The molecule has 206 valence electrons. The standard InChI is InChI=1S/C33H50O4/c1-3-4-5-6-7-8-9-10-11-12-13-14-15-16-17-21-26-36-30-24-25-32(31(27-30)33(34)35-2)37-28-29-22-19-18-20-23-29/h18-20,22-25,27H,3-17,21,26,28H2,1-2H3. The third kappa shape index (κ3) is 14.1. The molecule has 0 unspecified atom stereocenters. The number of hydrogen-bond acceptors (Lipinski definition) is 4. The maximum absolute atomic E-state index is 12.3. The first kappa shape index (κ1) is 30.7. The summed E-state index contributed by atoms with van der Waals surface area (Å²) in [5.74, 6) is 0.759. The SMILES string of the molecule is CCCCCCCCCCCCCCCCCCOc1ccc(OCc2ccccc2)c(C(=O)OC)c1. The predicted octanol–water partition coefficient (Wildman–Crippen LogP) is 9.69. The summed E-state index contributed by atoms with van der Waals surface area (Å²) >= 11 is 0. The monoisotopic (exact) mass is 510 g/mol. The molecule has 0 spiro atoms. The van der Waals surface area contributed by atoms with Gasteiger partial charge in [-0.1, -0.05) is 134 Å². The Morgan fingerprint density at radius 2 is 1.19 bits per heavy atom. The average Bonchev–Trinajstić information content (AvgIpc) is 2.94. The second-order valence-electron chi connectivity index (χ2n) is 10.1. The van der Waals surface area contributed by atoms with Gasteiger partial charge < -0.3 is 14.2 Å². The number of methoxy groups -OCH3 is 1. The highest BCUT2D eigenvalue weighted by atomic mass is 16.5. The molecular formula is C33H50O4. The maximum Gasteiger partial charge on any atom is 0.341 e. The maximum atomic E-state index is 12.3. The van der Waals surface area contributed by atoms with Crippen molar-refractivity contribution in [2.24, 2.45) is 0 Å². The quantitative estimate of drug-likeness (QED) is 0.117. The number of carbonyl (C=O) groups excluding carboxylic acids is 1. The lowest BCUT2D eigenvalue weighted by Gasteiger charge is -2.13. The minimum atomic E-state index is -0.420. The Balaban J connectivity index is 1.52. The summed E-state index contributed by atoms with van der Waals surface area (Å²) in [6, 6.07) is 15.3. The molecule has 0 bridgehead atoms. The molecule has 0 aliphatic heterocycles. The smallest absolute Gasteiger partial charge is 0.341 e. The minimum Gasteiger partial charge on any atom is -0.494 e. The lowest BCUT2D eigenvalue weighted by molar-refractivity contribution is 0.0595. The van der Waals surface area contributed by atoms with Gasteiger partial charge >= 0.3 is 5.97 Å². The van der Waals surface area contributed by atoms with Gasteiger partial charge in [-0.05, 0) is 30.2 Å². The normalized spacial score (nSPS) is 10.9. The largest absolute Gasteiger partial charge is 0.494 e. The highest BCUT2D eigenvalue weighted by Gasteiger charge is 2.15. The van der Waals surface area contributed by atoms with Gasteiger partial charge in [0.2, 0.25) is 0 Å².